The van der Waals surface area contributed by atoms with E-state index >= 15 is 0 Å². The summed E-state index contributed by atoms with van der Waals surface area (Å²) in [6.07, 6.45) is 1.67. The number of nitriles is 2. The molecule has 0 saturated carbocycles. The van der Waals surface area contributed by atoms with Crippen LogP contribution in [0.3, 0.4) is 0 Å². The minimum atomic E-state index is 0.0498. The summed E-state index contributed by atoms with van der Waals surface area (Å²) in [6, 6.07) is 17.9. The number of nitrogens with one attached hydrogen (secondary N) is 1. The van der Waals surface area contributed by atoms with Crippen LogP contribution in [0.15, 0.2) is 59.6 Å². The molecule has 2 aromatic rings. The van der Waals surface area contributed by atoms with Crippen molar-refractivity contribution >= 4 is 11.7 Å². The van der Waals surface area contributed by atoms with Crippen molar-refractivity contribution in [2.24, 2.45) is 4.99 Å². The summed E-state index contributed by atoms with van der Waals surface area (Å²) < 4.78 is 5.47. The topological polar surface area (TPSA) is 81.2 Å². The predicted octanol–water partition coefficient (Wildman–Crippen LogP) is 2.89. The summed E-state index contributed by atoms with van der Waals surface area (Å²) in [5.74, 6) is 0.561. The summed E-state index contributed by atoms with van der Waals surface area (Å²) >= 11 is 0. The number of amidine groups is 1. The van der Waals surface area contributed by atoms with Gasteiger partial charge in [-0.1, -0.05) is 24.3 Å². The third kappa shape index (κ3) is 3.59. The maximum atomic E-state index is 8.84. The molecule has 0 aromatic heterocycles. The second kappa shape index (κ2) is 6.58. The molecule has 96 valence electrons. The lowest BCUT2D eigenvalue weighted by Gasteiger charge is -2.09. The van der Waals surface area contributed by atoms with Gasteiger partial charge in [-0.2, -0.15) is 10.5 Å². The average molecular weight is 262 g/mol. The number of ether oxygens (including phenoxy) is 1. The van der Waals surface area contributed by atoms with Crippen LogP contribution in [0, 0.1) is 22.8 Å². The monoisotopic (exact) mass is 262 g/mol. The van der Waals surface area contributed by atoms with Crippen molar-refractivity contribution < 1.29 is 4.74 Å². The van der Waals surface area contributed by atoms with Gasteiger partial charge in [0.1, 0.15) is 5.75 Å². The van der Waals surface area contributed by atoms with Crippen LogP contribution in [0.2, 0.25) is 0 Å². The molecule has 2 aromatic carbocycles. The Kier molecular flexibility index (Phi) is 4.32. The molecule has 0 radical (unpaired) electrons. The molecule has 0 amide bonds. The smallest absolute Gasteiger partial charge is 0.310 e. The van der Waals surface area contributed by atoms with Crippen molar-refractivity contribution in [1.29, 1.82) is 10.5 Å². The van der Waals surface area contributed by atoms with E-state index in [9.17, 15) is 0 Å². The van der Waals surface area contributed by atoms with Crippen molar-refractivity contribution in [2.45, 2.75) is 0 Å². The first kappa shape index (κ1) is 13.1. The zero-order valence-corrected chi connectivity index (χ0v) is 10.4. The lowest BCUT2D eigenvalue weighted by Crippen LogP contribution is -2.19. The number of para-hydroxylation sites is 1. The van der Waals surface area contributed by atoms with E-state index in [0.29, 0.717) is 17.0 Å². The molecule has 0 spiro atoms. The Bertz CT molecular complexity index is 696. The molecule has 1 N–H and O–H groups in total. The van der Waals surface area contributed by atoms with Crippen LogP contribution in [0.25, 0.3) is 0 Å². The van der Waals surface area contributed by atoms with Gasteiger partial charge in [-0.25, -0.2) is 0 Å². The van der Waals surface area contributed by atoms with Crippen LogP contribution in [-0.4, -0.2) is 6.02 Å². The van der Waals surface area contributed by atoms with Gasteiger partial charge in [0.25, 0.3) is 0 Å². The highest BCUT2D eigenvalue weighted by Gasteiger charge is 2.04. The first-order valence-electron chi connectivity index (χ1n) is 5.78. The summed E-state index contributed by atoms with van der Waals surface area (Å²) in [5.41, 5.74) is 1.12. The lowest BCUT2D eigenvalue weighted by atomic mass is 10.2. The average Bonchev–Trinajstić information content (AvgIpc) is 2.49. The van der Waals surface area contributed by atoms with Gasteiger partial charge < -0.3 is 10.1 Å². The number of aliphatic imine (C=N–C) groups is 1. The maximum Gasteiger partial charge on any atom is 0.310 e. The van der Waals surface area contributed by atoms with Crippen molar-refractivity contribution in [1.82, 2.24) is 0 Å². The molecular weight excluding hydrogens is 252 g/mol. The molecule has 5 heteroatoms. The highest BCUT2D eigenvalue weighted by Crippen LogP contribution is 2.13. The van der Waals surface area contributed by atoms with E-state index in [-0.39, 0.29) is 6.02 Å². The van der Waals surface area contributed by atoms with Gasteiger partial charge in [0.2, 0.25) is 6.19 Å². The molecule has 0 unspecified atom stereocenters. The highest BCUT2D eigenvalue weighted by molar-refractivity contribution is 5.91. The van der Waals surface area contributed by atoms with E-state index in [1.165, 1.54) is 0 Å². The molecular formula is C15H10N4O. The summed E-state index contributed by atoms with van der Waals surface area (Å²) in [4.78, 5) is 3.58. The van der Waals surface area contributed by atoms with Crippen LogP contribution >= 0.6 is 0 Å². The molecule has 0 bridgehead atoms. The number of rotatable bonds is 2. The summed E-state index contributed by atoms with van der Waals surface area (Å²) in [6.45, 7) is 0. The van der Waals surface area contributed by atoms with Gasteiger partial charge in [-0.15, -0.1) is 4.99 Å². The van der Waals surface area contributed by atoms with Gasteiger partial charge in [0, 0.05) is 5.69 Å². The van der Waals surface area contributed by atoms with E-state index in [2.05, 4.69) is 10.3 Å². The minimum absolute atomic E-state index is 0.0498. The van der Waals surface area contributed by atoms with Gasteiger partial charge in [-0.3, -0.25) is 0 Å². The van der Waals surface area contributed by atoms with Crippen LogP contribution < -0.4 is 10.1 Å². The SMILES string of the molecule is N#C/N=C(/Nc1cccc(C#N)c1)Oc1ccccc1. The fourth-order valence-electron chi connectivity index (χ4n) is 1.51. The Morgan fingerprint density at radius 2 is 1.85 bits per heavy atom. The molecule has 0 fully saturated rings. The number of benzene rings is 2. The zero-order valence-electron chi connectivity index (χ0n) is 10.4. The molecule has 0 aliphatic rings. The standard InChI is InChI=1S/C15H10N4O/c16-10-12-5-4-6-13(9-12)19-15(18-11-17)20-14-7-2-1-3-8-14/h1-9H,(H,18,19). The number of hydrogen-bond donors (Lipinski definition) is 1. The Morgan fingerprint density at radius 1 is 1.05 bits per heavy atom. The van der Waals surface area contributed by atoms with Crippen LogP contribution in [0.4, 0.5) is 5.69 Å². The molecule has 0 heterocycles. The molecule has 5 nitrogen and oxygen atoms in total. The molecule has 20 heavy (non-hydrogen) atoms. The van der Waals surface area contributed by atoms with Gasteiger partial charge in [0.15, 0.2) is 0 Å². The van der Waals surface area contributed by atoms with E-state index in [1.807, 2.05) is 24.3 Å². The first-order valence-corrected chi connectivity index (χ1v) is 5.78. The third-order valence-corrected chi connectivity index (χ3v) is 2.35. The van der Waals surface area contributed by atoms with E-state index in [0.717, 1.165) is 0 Å². The van der Waals surface area contributed by atoms with E-state index in [1.54, 1.807) is 42.6 Å². The first-order chi connectivity index (χ1) is 9.81. The van der Waals surface area contributed by atoms with Gasteiger partial charge >= 0.3 is 6.02 Å². The second-order valence-electron chi connectivity index (χ2n) is 3.75. The Hall–Kier alpha value is -3.31. The summed E-state index contributed by atoms with van der Waals surface area (Å²) in [5, 5.41) is 20.4. The van der Waals surface area contributed by atoms with Crippen molar-refractivity contribution in [3.05, 3.63) is 60.2 Å². The third-order valence-electron chi connectivity index (χ3n) is 2.35. The van der Waals surface area contributed by atoms with E-state index < -0.39 is 0 Å². The second-order valence-corrected chi connectivity index (χ2v) is 3.75. The predicted molar refractivity (Wildman–Crippen MR) is 74.9 cm³/mol. The summed E-state index contributed by atoms with van der Waals surface area (Å²) in [7, 11) is 0. The minimum Gasteiger partial charge on any atom is -0.425 e. The van der Waals surface area contributed by atoms with Crippen molar-refractivity contribution in [2.75, 3.05) is 5.32 Å². The van der Waals surface area contributed by atoms with E-state index in [4.69, 9.17) is 15.3 Å². The zero-order chi connectivity index (χ0) is 14.2. The Labute approximate surface area is 116 Å². The van der Waals surface area contributed by atoms with Gasteiger partial charge in [-0.05, 0) is 30.3 Å². The normalized spacial score (nSPS) is 10.2. The van der Waals surface area contributed by atoms with Crippen LogP contribution in [0.1, 0.15) is 5.56 Å². The number of anilines is 1. The lowest BCUT2D eigenvalue weighted by molar-refractivity contribution is 0.549. The van der Waals surface area contributed by atoms with Crippen molar-refractivity contribution in [3.8, 4) is 18.0 Å². The fraction of sp³-hybridized carbons (Fsp3) is 0. The van der Waals surface area contributed by atoms with Crippen molar-refractivity contribution in [3.63, 3.8) is 0 Å². The molecule has 0 saturated heterocycles. The fourth-order valence-corrected chi connectivity index (χ4v) is 1.51. The Morgan fingerprint density at radius 3 is 2.55 bits per heavy atom. The molecule has 0 aliphatic heterocycles. The Balaban J connectivity index is 2.17. The van der Waals surface area contributed by atoms with Crippen LogP contribution in [-0.2, 0) is 0 Å². The molecule has 0 atom stereocenters. The maximum absolute atomic E-state index is 8.84. The van der Waals surface area contributed by atoms with Gasteiger partial charge in [0.05, 0.1) is 11.6 Å². The number of hydrogen-bond acceptors (Lipinski definition) is 4. The largest absolute Gasteiger partial charge is 0.425 e. The number of nitrogens with zero attached hydrogens (tertiary/aromatic N) is 3. The quantitative estimate of drug-likeness (QED) is 0.512. The van der Waals surface area contributed by atoms with Crippen LogP contribution in [0.5, 0.6) is 5.75 Å². The highest BCUT2D eigenvalue weighted by atomic mass is 16.5. The molecule has 2 rings (SSSR count). The molecule has 0 aliphatic carbocycles.